The van der Waals surface area contributed by atoms with E-state index in [1.54, 1.807) is 0 Å². The Kier molecular flexibility index (Phi) is 17.2. The summed E-state index contributed by atoms with van der Waals surface area (Å²) in [6.07, 6.45) is -28.4. The van der Waals surface area contributed by atoms with E-state index in [2.05, 4.69) is 54.5 Å². The van der Waals surface area contributed by atoms with Crippen molar-refractivity contribution in [2.45, 2.75) is 241 Å². The van der Waals surface area contributed by atoms with Crippen LogP contribution in [0.5, 0.6) is 0 Å². The maximum Gasteiger partial charge on any atom is 0.317 e. The maximum atomic E-state index is 14.8. The first-order valence-electron chi connectivity index (χ1n) is 27.9. The topological polar surface area (TPSA) is 394 Å². The van der Waals surface area contributed by atoms with Gasteiger partial charge in [-0.3, -0.25) is 4.79 Å². The summed E-state index contributed by atoms with van der Waals surface area (Å²) in [6.45, 7) is 12.3. The number of aliphatic hydroxyl groups excluding tert-OH is 15. The molecule has 0 radical (unpaired) electrons. The highest BCUT2D eigenvalue weighted by Gasteiger charge is 2.72. The minimum absolute atomic E-state index is 0.0374. The van der Waals surface area contributed by atoms with E-state index < -0.39 is 190 Å². The van der Waals surface area contributed by atoms with Crippen molar-refractivity contribution in [2.75, 3.05) is 26.4 Å². The highest BCUT2D eigenvalue weighted by Crippen LogP contribution is 2.76. The molecule has 24 nitrogen and oxygen atoms in total. The monoisotopic (exact) mass is 1120 g/mol. The Labute approximate surface area is 453 Å². The number of aliphatic hydroxyl groups is 15. The van der Waals surface area contributed by atoms with Gasteiger partial charge in [0.25, 0.3) is 0 Å². The molecule has 8 fully saturated rings. The van der Waals surface area contributed by atoms with E-state index in [-0.39, 0.29) is 34.5 Å². The van der Waals surface area contributed by atoms with Gasteiger partial charge in [0.15, 0.2) is 18.9 Å². The predicted molar refractivity (Wildman–Crippen MR) is 264 cm³/mol. The Bertz CT molecular complexity index is 2150. The molecule has 0 spiro atoms. The van der Waals surface area contributed by atoms with E-state index in [9.17, 15) is 81.4 Å². The van der Waals surface area contributed by atoms with Gasteiger partial charge < -0.3 is 114 Å². The molecule has 4 saturated carbocycles. The number of rotatable bonds is 12. The Hall–Kier alpha value is -1.67. The molecule has 9 aliphatic rings. The van der Waals surface area contributed by atoms with E-state index in [1.165, 1.54) is 0 Å². The lowest BCUT2D eigenvalue weighted by atomic mass is 9.33. The van der Waals surface area contributed by atoms with Crippen LogP contribution in [0.25, 0.3) is 0 Å². The molecule has 448 valence electrons. The molecule has 78 heavy (non-hydrogen) atoms. The van der Waals surface area contributed by atoms with Crippen LogP contribution in [-0.4, -0.2) is 244 Å². The third-order valence-electron chi connectivity index (χ3n) is 21.4. The van der Waals surface area contributed by atoms with Crippen molar-refractivity contribution in [3.8, 4) is 0 Å². The van der Waals surface area contributed by atoms with Gasteiger partial charge in [0.2, 0.25) is 6.29 Å². The summed E-state index contributed by atoms with van der Waals surface area (Å²) < 4.78 is 47.3. The fourth-order valence-electron chi connectivity index (χ4n) is 16.6. The van der Waals surface area contributed by atoms with E-state index in [0.29, 0.717) is 38.5 Å². The summed E-state index contributed by atoms with van der Waals surface area (Å²) in [5.41, 5.74) is -2.39. The zero-order chi connectivity index (χ0) is 57.1. The van der Waals surface area contributed by atoms with Crippen molar-refractivity contribution in [3.05, 3.63) is 11.6 Å². The van der Waals surface area contributed by atoms with Crippen molar-refractivity contribution < 1.29 is 119 Å². The summed E-state index contributed by atoms with van der Waals surface area (Å²) in [4.78, 5) is 14.8. The standard InChI is InChI=1S/C54H88O24/c1-49(2)14-15-54(48(70)78-45-39(67)37(65)33(61)25(19-56)72-45)23(16-49)22-8-9-29-51(5)12-11-31(50(3,4)28(51)10-13-52(29,6)53(22,7)17-30(54)59)75-46-40(68)42(34(62)26(20-57)73-46)77-47-41(69)43(35(63)27(21-58)74-47)76-44-38(66)36(64)32(60)24(18-55)71-44/h8,23-47,55-69H,9-21H2,1-7H3/t23?,24-,25-,26-,27-,28?,29-,30-,31+,32-,33-,34-,35-,36+,37+,38-,39-,40-,41-,42+,43+,44+,45+,46+,47+,51+,52-,53-,54-/m1/s1. The third-order valence-corrected chi connectivity index (χ3v) is 21.4. The number of carbonyl (C=O) groups is 1. The van der Waals surface area contributed by atoms with Gasteiger partial charge in [0, 0.05) is 0 Å². The maximum absolute atomic E-state index is 14.8. The van der Waals surface area contributed by atoms with Crippen molar-refractivity contribution in [1.82, 2.24) is 0 Å². The quantitative estimate of drug-likeness (QED) is 0.0524. The molecule has 4 aliphatic heterocycles. The average molecular weight is 1120 g/mol. The molecule has 2 unspecified atom stereocenters. The van der Waals surface area contributed by atoms with Crippen LogP contribution in [0, 0.1) is 50.2 Å². The number of carbonyl (C=O) groups excluding carboxylic acids is 1. The Morgan fingerprint density at radius 3 is 1.53 bits per heavy atom. The molecule has 0 bridgehead atoms. The molecule has 4 saturated heterocycles. The first kappa shape index (κ1) is 60.9. The van der Waals surface area contributed by atoms with Gasteiger partial charge in [-0.05, 0) is 103 Å². The molecule has 5 aliphatic carbocycles. The van der Waals surface area contributed by atoms with Gasteiger partial charge in [-0.2, -0.15) is 0 Å². The third kappa shape index (κ3) is 9.67. The molecular weight excluding hydrogens is 1030 g/mol. The summed E-state index contributed by atoms with van der Waals surface area (Å²) in [5.74, 6) is -1.08. The number of hydrogen-bond donors (Lipinski definition) is 15. The smallest absolute Gasteiger partial charge is 0.317 e. The Balaban J connectivity index is 0.929. The van der Waals surface area contributed by atoms with Crippen molar-refractivity contribution in [2.24, 2.45) is 50.2 Å². The molecule has 15 N–H and O–H groups in total. The van der Waals surface area contributed by atoms with Crippen LogP contribution in [0.2, 0.25) is 0 Å². The molecule has 9 rings (SSSR count). The molecule has 0 aromatic rings. The Morgan fingerprint density at radius 1 is 0.526 bits per heavy atom. The highest BCUT2D eigenvalue weighted by molar-refractivity contribution is 5.80. The lowest BCUT2D eigenvalue weighted by Gasteiger charge is -2.71. The number of hydrogen-bond acceptors (Lipinski definition) is 24. The normalized spacial score (nSPS) is 53.9. The molecule has 0 amide bonds. The van der Waals surface area contributed by atoms with Gasteiger partial charge in [-0.25, -0.2) is 0 Å². The zero-order valence-electron chi connectivity index (χ0n) is 45.6. The number of ether oxygens (including phenoxy) is 8. The minimum atomic E-state index is -1.99. The number of fused-ring (bicyclic) bond motifs is 7. The zero-order valence-corrected chi connectivity index (χ0v) is 45.6. The van der Waals surface area contributed by atoms with Crippen molar-refractivity contribution in [1.29, 1.82) is 0 Å². The minimum Gasteiger partial charge on any atom is -0.432 e. The predicted octanol–water partition coefficient (Wildman–Crippen LogP) is -3.06. The van der Waals surface area contributed by atoms with Crippen LogP contribution >= 0.6 is 0 Å². The summed E-state index contributed by atoms with van der Waals surface area (Å²) in [6, 6.07) is 0. The van der Waals surface area contributed by atoms with Crippen LogP contribution in [0.4, 0.5) is 0 Å². The first-order chi connectivity index (χ1) is 36.5. The molecule has 29 atom stereocenters. The van der Waals surface area contributed by atoms with Crippen LogP contribution < -0.4 is 0 Å². The van der Waals surface area contributed by atoms with Gasteiger partial charge >= 0.3 is 5.97 Å². The molecular formula is C54H88O24. The lowest BCUT2D eigenvalue weighted by Crippen LogP contribution is -2.68. The van der Waals surface area contributed by atoms with Gasteiger partial charge in [-0.15, -0.1) is 0 Å². The molecule has 24 heteroatoms. The van der Waals surface area contributed by atoms with Gasteiger partial charge in [0.05, 0.1) is 38.6 Å². The fourth-order valence-corrected chi connectivity index (χ4v) is 16.6. The van der Waals surface area contributed by atoms with Crippen molar-refractivity contribution in [3.63, 3.8) is 0 Å². The van der Waals surface area contributed by atoms with Crippen LogP contribution in [0.15, 0.2) is 11.6 Å². The number of esters is 1. The lowest BCUT2D eigenvalue weighted by molar-refractivity contribution is -0.385. The van der Waals surface area contributed by atoms with Gasteiger partial charge in [0.1, 0.15) is 103 Å². The number of allylic oxidation sites excluding steroid dienone is 2. The molecule has 4 heterocycles. The molecule has 0 aromatic carbocycles. The SMILES string of the molecule is CC1(C)CC[C@@]2(C(=O)O[C@@H]3O[C@H](CO)[C@@H](O)[C@H](O)[C@H]3O)C(C1)C1=CC[C@@H]3[C@@]4(C)CC[C@H](O[C@@H]5O[C@H](CO)[C@@H](O)[C@H](O[C@@H]6O[C@H](CO)[C@@H](O)[C@H](O[C@@H]7O[C@H](CO)[C@@H](O)[C@H](O)[C@H]7O)[C@H]6O)[C@H]5O)C(C)(C)C4CC[C@@]3(C)[C@]1(C)C[C@H]2O. The summed E-state index contributed by atoms with van der Waals surface area (Å²) >= 11 is 0. The largest absolute Gasteiger partial charge is 0.432 e. The summed E-state index contributed by atoms with van der Waals surface area (Å²) in [5, 5.41) is 162. The van der Waals surface area contributed by atoms with Gasteiger partial charge in [-0.1, -0.05) is 60.1 Å². The second-order valence-corrected chi connectivity index (χ2v) is 26.4. The van der Waals surface area contributed by atoms with E-state index in [1.807, 2.05) is 0 Å². The van der Waals surface area contributed by atoms with Crippen LogP contribution in [-0.2, 0) is 42.7 Å². The fraction of sp³-hybridized carbons (Fsp3) is 0.944. The highest BCUT2D eigenvalue weighted by atomic mass is 16.8. The van der Waals surface area contributed by atoms with Crippen LogP contribution in [0.1, 0.15) is 106 Å². The van der Waals surface area contributed by atoms with E-state index in [0.717, 1.165) is 18.4 Å². The first-order valence-corrected chi connectivity index (χ1v) is 27.9. The molecule has 0 aromatic heterocycles. The second-order valence-electron chi connectivity index (χ2n) is 26.4. The summed E-state index contributed by atoms with van der Waals surface area (Å²) in [7, 11) is 0. The van der Waals surface area contributed by atoms with E-state index >= 15 is 0 Å². The van der Waals surface area contributed by atoms with E-state index in [4.69, 9.17) is 37.9 Å². The Morgan fingerprint density at radius 2 is 1.00 bits per heavy atom. The van der Waals surface area contributed by atoms with Crippen molar-refractivity contribution >= 4 is 5.97 Å². The average Bonchev–Trinajstić information content (AvgIpc) is 2.70. The van der Waals surface area contributed by atoms with Crippen LogP contribution in [0.3, 0.4) is 0 Å². The second kappa shape index (κ2) is 22.1.